The Balaban J connectivity index is 1.87. The van der Waals surface area contributed by atoms with Crippen LogP contribution in [-0.2, 0) is 4.74 Å². The summed E-state index contributed by atoms with van der Waals surface area (Å²) >= 11 is 0. The molecule has 0 spiro atoms. The van der Waals surface area contributed by atoms with Crippen LogP contribution in [0.5, 0.6) is 5.75 Å². The molecule has 1 aromatic carbocycles. The quantitative estimate of drug-likeness (QED) is 0.598. The van der Waals surface area contributed by atoms with E-state index in [0.717, 1.165) is 25.2 Å². The van der Waals surface area contributed by atoms with E-state index in [0.29, 0.717) is 6.10 Å². The van der Waals surface area contributed by atoms with Crippen LogP contribution in [-0.4, -0.2) is 18.8 Å². The first-order valence-corrected chi connectivity index (χ1v) is 8.03. The lowest BCUT2D eigenvalue weighted by atomic mass is 9.97. The number of hydrazine groups is 1. The molecule has 0 aliphatic carbocycles. The van der Waals surface area contributed by atoms with Gasteiger partial charge < -0.3 is 9.47 Å². The van der Waals surface area contributed by atoms with Gasteiger partial charge in [0, 0.05) is 12.6 Å². The molecule has 0 radical (unpaired) electrons. The molecule has 1 aliphatic heterocycles. The standard InChI is InChI=1S/C17H28N2O2/c1-13(2)21-16-8-6-14(7-9-16)17(19-18)11-10-15-5-3-4-12-20-15/h6-9,13,15,17,19H,3-5,10-12,18H2,1-2H3. The van der Waals surface area contributed by atoms with Crippen LogP contribution < -0.4 is 16.0 Å². The second kappa shape index (κ2) is 8.37. The summed E-state index contributed by atoms with van der Waals surface area (Å²) in [5, 5.41) is 0. The third kappa shape index (κ3) is 5.30. The molecule has 0 saturated carbocycles. The Morgan fingerprint density at radius 1 is 1.29 bits per heavy atom. The first-order chi connectivity index (χ1) is 10.2. The van der Waals surface area contributed by atoms with E-state index in [-0.39, 0.29) is 12.1 Å². The molecule has 4 heteroatoms. The van der Waals surface area contributed by atoms with Gasteiger partial charge in [0.1, 0.15) is 5.75 Å². The van der Waals surface area contributed by atoms with Crippen molar-refractivity contribution in [2.24, 2.45) is 5.84 Å². The molecular weight excluding hydrogens is 264 g/mol. The molecule has 4 nitrogen and oxygen atoms in total. The Labute approximate surface area is 128 Å². The minimum absolute atomic E-state index is 0.170. The zero-order valence-corrected chi connectivity index (χ0v) is 13.2. The molecule has 0 aromatic heterocycles. The van der Waals surface area contributed by atoms with Crippen LogP contribution in [0.4, 0.5) is 0 Å². The summed E-state index contributed by atoms with van der Waals surface area (Å²) in [6.07, 6.45) is 6.31. The number of benzene rings is 1. The van der Waals surface area contributed by atoms with Crippen molar-refractivity contribution in [2.45, 2.75) is 64.2 Å². The largest absolute Gasteiger partial charge is 0.491 e. The molecule has 2 rings (SSSR count). The number of hydrogen-bond donors (Lipinski definition) is 2. The van der Waals surface area contributed by atoms with Crippen LogP contribution in [0.3, 0.4) is 0 Å². The van der Waals surface area contributed by atoms with Gasteiger partial charge in [-0.15, -0.1) is 0 Å². The van der Waals surface area contributed by atoms with Gasteiger partial charge in [0.25, 0.3) is 0 Å². The van der Waals surface area contributed by atoms with Crippen molar-refractivity contribution in [2.75, 3.05) is 6.61 Å². The van der Waals surface area contributed by atoms with E-state index in [2.05, 4.69) is 17.6 Å². The summed E-state index contributed by atoms with van der Waals surface area (Å²) in [4.78, 5) is 0. The summed E-state index contributed by atoms with van der Waals surface area (Å²) < 4.78 is 11.4. The smallest absolute Gasteiger partial charge is 0.119 e. The van der Waals surface area contributed by atoms with Gasteiger partial charge in [-0.3, -0.25) is 11.3 Å². The van der Waals surface area contributed by atoms with Crippen molar-refractivity contribution < 1.29 is 9.47 Å². The fourth-order valence-corrected chi connectivity index (χ4v) is 2.78. The summed E-state index contributed by atoms with van der Waals surface area (Å²) in [5.41, 5.74) is 4.12. The van der Waals surface area contributed by atoms with Crippen LogP contribution in [0.2, 0.25) is 0 Å². The maximum absolute atomic E-state index is 5.78. The first kappa shape index (κ1) is 16.3. The average molecular weight is 292 g/mol. The third-order valence-corrected chi connectivity index (χ3v) is 3.91. The van der Waals surface area contributed by atoms with E-state index in [1.165, 1.54) is 24.8 Å². The first-order valence-electron chi connectivity index (χ1n) is 8.03. The lowest BCUT2D eigenvalue weighted by molar-refractivity contribution is 0.00854. The number of nitrogens with two attached hydrogens (primary N) is 1. The SMILES string of the molecule is CC(C)Oc1ccc(C(CCC2CCCCO2)NN)cc1. The van der Waals surface area contributed by atoms with E-state index in [4.69, 9.17) is 15.3 Å². The fourth-order valence-electron chi connectivity index (χ4n) is 2.78. The molecule has 1 saturated heterocycles. The topological polar surface area (TPSA) is 56.5 Å². The van der Waals surface area contributed by atoms with Crippen LogP contribution in [0.1, 0.15) is 57.6 Å². The Kier molecular flexibility index (Phi) is 6.49. The molecule has 2 atom stereocenters. The van der Waals surface area contributed by atoms with Gasteiger partial charge in [-0.05, 0) is 63.6 Å². The van der Waals surface area contributed by atoms with Gasteiger partial charge in [0.15, 0.2) is 0 Å². The van der Waals surface area contributed by atoms with Crippen LogP contribution in [0.15, 0.2) is 24.3 Å². The molecule has 1 heterocycles. The molecule has 21 heavy (non-hydrogen) atoms. The normalized spacial score (nSPS) is 20.5. The summed E-state index contributed by atoms with van der Waals surface area (Å²) in [7, 11) is 0. The van der Waals surface area contributed by atoms with Crippen molar-refractivity contribution in [3.63, 3.8) is 0 Å². The van der Waals surface area contributed by atoms with Gasteiger partial charge >= 0.3 is 0 Å². The molecule has 1 aliphatic rings. The zero-order valence-electron chi connectivity index (χ0n) is 13.2. The Morgan fingerprint density at radius 3 is 2.62 bits per heavy atom. The van der Waals surface area contributed by atoms with Gasteiger partial charge in [0.05, 0.1) is 12.2 Å². The Bertz CT molecular complexity index is 400. The Hall–Kier alpha value is -1.10. The minimum Gasteiger partial charge on any atom is -0.491 e. The van der Waals surface area contributed by atoms with E-state index < -0.39 is 0 Å². The molecule has 1 fully saturated rings. The molecule has 0 amide bonds. The number of rotatable bonds is 7. The summed E-state index contributed by atoms with van der Waals surface area (Å²) in [6, 6.07) is 8.37. The van der Waals surface area contributed by atoms with Gasteiger partial charge in [-0.25, -0.2) is 0 Å². The molecule has 2 unspecified atom stereocenters. The van der Waals surface area contributed by atoms with Gasteiger partial charge in [-0.1, -0.05) is 12.1 Å². The van der Waals surface area contributed by atoms with Crippen molar-refractivity contribution in [1.29, 1.82) is 0 Å². The highest BCUT2D eigenvalue weighted by Gasteiger charge is 2.17. The highest BCUT2D eigenvalue weighted by molar-refractivity contribution is 5.29. The fraction of sp³-hybridized carbons (Fsp3) is 0.647. The lowest BCUT2D eigenvalue weighted by Gasteiger charge is -2.25. The second-order valence-electron chi connectivity index (χ2n) is 6.02. The summed E-state index contributed by atoms with van der Waals surface area (Å²) in [6.45, 7) is 4.97. The van der Waals surface area contributed by atoms with E-state index >= 15 is 0 Å². The number of ether oxygens (including phenoxy) is 2. The highest BCUT2D eigenvalue weighted by atomic mass is 16.5. The van der Waals surface area contributed by atoms with Gasteiger partial charge in [0.2, 0.25) is 0 Å². The predicted octanol–water partition coefficient (Wildman–Crippen LogP) is 3.33. The number of nitrogens with one attached hydrogen (secondary N) is 1. The van der Waals surface area contributed by atoms with Crippen molar-refractivity contribution in [3.05, 3.63) is 29.8 Å². The van der Waals surface area contributed by atoms with Crippen LogP contribution in [0.25, 0.3) is 0 Å². The van der Waals surface area contributed by atoms with E-state index in [1.54, 1.807) is 0 Å². The highest BCUT2D eigenvalue weighted by Crippen LogP contribution is 2.25. The minimum atomic E-state index is 0.170. The monoisotopic (exact) mass is 292 g/mol. The lowest BCUT2D eigenvalue weighted by Crippen LogP contribution is -2.29. The zero-order chi connectivity index (χ0) is 15.1. The molecule has 0 bridgehead atoms. The molecular formula is C17H28N2O2. The van der Waals surface area contributed by atoms with Crippen molar-refractivity contribution >= 4 is 0 Å². The maximum atomic E-state index is 5.78. The van der Waals surface area contributed by atoms with Crippen molar-refractivity contribution in [1.82, 2.24) is 5.43 Å². The van der Waals surface area contributed by atoms with E-state index in [9.17, 15) is 0 Å². The summed E-state index contributed by atoms with van der Waals surface area (Å²) in [5.74, 6) is 6.62. The van der Waals surface area contributed by atoms with Crippen molar-refractivity contribution in [3.8, 4) is 5.75 Å². The third-order valence-electron chi connectivity index (χ3n) is 3.91. The Morgan fingerprint density at radius 2 is 2.05 bits per heavy atom. The van der Waals surface area contributed by atoms with E-state index in [1.807, 2.05) is 26.0 Å². The van der Waals surface area contributed by atoms with Crippen LogP contribution >= 0.6 is 0 Å². The molecule has 3 N–H and O–H groups in total. The predicted molar refractivity (Wildman–Crippen MR) is 85.1 cm³/mol. The maximum Gasteiger partial charge on any atom is 0.119 e. The van der Waals surface area contributed by atoms with Crippen LogP contribution in [0, 0.1) is 0 Å². The molecule has 1 aromatic rings. The van der Waals surface area contributed by atoms with Gasteiger partial charge in [-0.2, -0.15) is 0 Å². The average Bonchev–Trinajstić information content (AvgIpc) is 2.50. The molecule has 118 valence electrons. The number of hydrogen-bond acceptors (Lipinski definition) is 4. The second-order valence-corrected chi connectivity index (χ2v) is 6.02.